The molecule has 1 aliphatic rings. The van der Waals surface area contributed by atoms with Crippen molar-refractivity contribution in [3.63, 3.8) is 0 Å². The number of rotatable bonds is 7. The molecule has 0 amide bonds. The van der Waals surface area contributed by atoms with E-state index in [9.17, 15) is 4.79 Å². The van der Waals surface area contributed by atoms with Gasteiger partial charge in [0.25, 0.3) is 0 Å². The van der Waals surface area contributed by atoms with Gasteiger partial charge in [0.15, 0.2) is 5.78 Å². The lowest BCUT2D eigenvalue weighted by Gasteiger charge is -2.24. The quantitative estimate of drug-likeness (QED) is 0.402. The molecule has 1 N–H and O–H groups in total. The zero-order chi connectivity index (χ0) is 23.8. The molecule has 0 radical (unpaired) electrons. The van der Waals surface area contributed by atoms with Crippen molar-refractivity contribution in [2.24, 2.45) is 5.92 Å². The number of aromatic nitrogens is 4. The van der Waals surface area contributed by atoms with Gasteiger partial charge >= 0.3 is 0 Å². The van der Waals surface area contributed by atoms with E-state index in [4.69, 9.17) is 21.1 Å². The average molecular weight is 480 g/mol. The van der Waals surface area contributed by atoms with Crippen molar-refractivity contribution >= 4 is 28.3 Å². The van der Waals surface area contributed by atoms with Crippen LogP contribution in [-0.2, 0) is 13.0 Å². The third-order valence-corrected chi connectivity index (χ3v) is 6.52. The molecule has 0 bridgehead atoms. The molecule has 1 atom stereocenters. The van der Waals surface area contributed by atoms with E-state index in [2.05, 4.69) is 24.6 Å². The minimum atomic E-state index is -0.282. The van der Waals surface area contributed by atoms with Crippen molar-refractivity contribution in [1.82, 2.24) is 24.6 Å². The SMILES string of the molecule is COc1ccc2c(c1)CC(C(=O)c1cn(CCN(C)C)c3cc(-c4cn[nH]c4Cl)ncc13)CO2. The van der Waals surface area contributed by atoms with Crippen LogP contribution in [0.25, 0.3) is 22.2 Å². The highest BCUT2D eigenvalue weighted by molar-refractivity contribution is 6.32. The number of hydrogen-bond acceptors (Lipinski definition) is 6. The molecular weight excluding hydrogens is 454 g/mol. The highest BCUT2D eigenvalue weighted by Gasteiger charge is 2.29. The van der Waals surface area contributed by atoms with Crippen LogP contribution in [0.2, 0.25) is 5.15 Å². The summed E-state index contributed by atoms with van der Waals surface area (Å²) in [5.74, 6) is 1.33. The lowest BCUT2D eigenvalue weighted by atomic mass is 9.89. The number of H-pyrrole nitrogens is 1. The molecule has 9 heteroatoms. The van der Waals surface area contributed by atoms with Crippen LogP contribution < -0.4 is 9.47 Å². The van der Waals surface area contributed by atoms with Gasteiger partial charge in [-0.05, 0) is 50.3 Å². The zero-order valence-electron chi connectivity index (χ0n) is 19.3. The van der Waals surface area contributed by atoms with Crippen LogP contribution in [-0.4, -0.2) is 64.8 Å². The Morgan fingerprint density at radius 2 is 2.18 bits per heavy atom. The number of hydrogen-bond donors (Lipinski definition) is 1. The molecule has 0 spiro atoms. The van der Waals surface area contributed by atoms with Crippen LogP contribution in [0.1, 0.15) is 15.9 Å². The summed E-state index contributed by atoms with van der Waals surface area (Å²) < 4.78 is 13.4. The van der Waals surface area contributed by atoms with E-state index in [1.807, 2.05) is 44.6 Å². The van der Waals surface area contributed by atoms with Gasteiger partial charge < -0.3 is 18.9 Å². The normalized spacial score (nSPS) is 15.4. The Kier molecular flexibility index (Phi) is 6.02. The lowest BCUT2D eigenvalue weighted by Crippen LogP contribution is -2.28. The second kappa shape index (κ2) is 9.12. The smallest absolute Gasteiger partial charge is 0.171 e. The van der Waals surface area contributed by atoms with Crippen molar-refractivity contribution < 1.29 is 14.3 Å². The van der Waals surface area contributed by atoms with Gasteiger partial charge in [-0.1, -0.05) is 11.6 Å². The largest absolute Gasteiger partial charge is 0.497 e. The number of carbonyl (C=O) groups excluding carboxylic acids is 1. The van der Waals surface area contributed by atoms with Gasteiger partial charge in [0.1, 0.15) is 16.7 Å². The van der Waals surface area contributed by atoms with Crippen LogP contribution in [0.5, 0.6) is 11.5 Å². The summed E-state index contributed by atoms with van der Waals surface area (Å²) in [6.45, 7) is 1.92. The molecule has 0 fully saturated rings. The van der Waals surface area contributed by atoms with Crippen molar-refractivity contribution in [3.05, 3.63) is 59.1 Å². The Morgan fingerprint density at radius 3 is 2.91 bits per heavy atom. The highest BCUT2D eigenvalue weighted by atomic mass is 35.5. The molecule has 1 unspecified atom stereocenters. The van der Waals surface area contributed by atoms with Gasteiger partial charge in [-0.25, -0.2) is 0 Å². The third kappa shape index (κ3) is 4.15. The van der Waals surface area contributed by atoms with Crippen molar-refractivity contribution in [3.8, 4) is 22.8 Å². The maximum Gasteiger partial charge on any atom is 0.171 e. The van der Waals surface area contributed by atoms with E-state index >= 15 is 0 Å². The van der Waals surface area contributed by atoms with Crippen LogP contribution in [0.4, 0.5) is 0 Å². The molecule has 0 saturated carbocycles. The molecular formula is C25H26ClN5O3. The van der Waals surface area contributed by atoms with Crippen LogP contribution in [0.3, 0.4) is 0 Å². The van der Waals surface area contributed by atoms with Crippen LogP contribution >= 0.6 is 11.6 Å². The molecule has 8 nitrogen and oxygen atoms in total. The molecule has 1 aliphatic heterocycles. The lowest BCUT2D eigenvalue weighted by molar-refractivity contribution is 0.0856. The maximum absolute atomic E-state index is 13.7. The summed E-state index contributed by atoms with van der Waals surface area (Å²) in [6.07, 6.45) is 5.96. The number of aromatic amines is 1. The maximum atomic E-state index is 13.7. The number of pyridine rings is 1. The monoisotopic (exact) mass is 479 g/mol. The van der Waals surface area contributed by atoms with E-state index in [-0.39, 0.29) is 11.7 Å². The molecule has 4 heterocycles. The molecule has 176 valence electrons. The summed E-state index contributed by atoms with van der Waals surface area (Å²) in [7, 11) is 5.69. The van der Waals surface area contributed by atoms with Gasteiger partial charge in [0.05, 0.1) is 42.6 Å². The Labute approximate surface area is 202 Å². The number of fused-ring (bicyclic) bond motifs is 2. The number of carbonyl (C=O) groups is 1. The summed E-state index contributed by atoms with van der Waals surface area (Å²) in [5, 5.41) is 7.99. The number of ether oxygens (including phenoxy) is 2. The second-order valence-corrected chi connectivity index (χ2v) is 9.15. The first kappa shape index (κ1) is 22.4. The third-order valence-electron chi connectivity index (χ3n) is 6.23. The number of nitrogens with zero attached hydrogens (tertiary/aromatic N) is 4. The van der Waals surface area contributed by atoms with E-state index in [0.717, 1.165) is 46.6 Å². The molecule has 1 aromatic carbocycles. The first-order chi connectivity index (χ1) is 16.4. The number of methoxy groups -OCH3 is 1. The average Bonchev–Trinajstić information content (AvgIpc) is 3.44. The summed E-state index contributed by atoms with van der Waals surface area (Å²) in [5.41, 5.74) is 4.01. The minimum Gasteiger partial charge on any atom is -0.497 e. The number of nitrogens with one attached hydrogen (secondary N) is 1. The van der Waals surface area contributed by atoms with Gasteiger partial charge in [-0.3, -0.25) is 14.9 Å². The van der Waals surface area contributed by atoms with Crippen molar-refractivity contribution in [1.29, 1.82) is 0 Å². The number of benzene rings is 1. The summed E-state index contributed by atoms with van der Waals surface area (Å²) >= 11 is 6.24. The van der Waals surface area contributed by atoms with Gasteiger partial charge in [0.2, 0.25) is 0 Å². The number of Topliss-reactive ketones (excluding diaryl/α,β-unsaturated/α-hetero) is 1. The van der Waals surface area contributed by atoms with Crippen LogP contribution in [0, 0.1) is 5.92 Å². The Hall–Kier alpha value is -3.36. The van der Waals surface area contributed by atoms with Crippen molar-refractivity contribution in [2.45, 2.75) is 13.0 Å². The molecule has 0 saturated heterocycles. The Balaban J connectivity index is 1.52. The molecule has 3 aromatic heterocycles. The molecule has 4 aromatic rings. The van der Waals surface area contributed by atoms with E-state index in [1.54, 1.807) is 19.5 Å². The van der Waals surface area contributed by atoms with E-state index < -0.39 is 0 Å². The number of ketones is 1. The number of halogens is 1. The first-order valence-electron chi connectivity index (χ1n) is 11.1. The van der Waals surface area contributed by atoms with Gasteiger partial charge in [0, 0.05) is 36.4 Å². The molecule has 0 aliphatic carbocycles. The van der Waals surface area contributed by atoms with E-state index in [0.29, 0.717) is 29.4 Å². The predicted octanol–water partition coefficient (Wildman–Crippen LogP) is 4.08. The Bertz CT molecular complexity index is 1360. The van der Waals surface area contributed by atoms with Gasteiger partial charge in [-0.15, -0.1) is 0 Å². The standard InChI is InChI=1S/C25H26ClN5O3/c1-30(2)6-7-31-13-20(18-11-27-21(10-22(18)31)19-12-28-29-25(19)26)24(32)16-8-15-9-17(33-3)4-5-23(15)34-14-16/h4-5,9-13,16H,6-8,14H2,1-3H3,(H,28,29). The van der Waals surface area contributed by atoms with Gasteiger partial charge in [-0.2, -0.15) is 5.10 Å². The fourth-order valence-electron chi connectivity index (χ4n) is 4.36. The fourth-order valence-corrected chi connectivity index (χ4v) is 4.55. The van der Waals surface area contributed by atoms with Crippen LogP contribution in [0.15, 0.2) is 42.9 Å². The predicted molar refractivity (Wildman–Crippen MR) is 131 cm³/mol. The first-order valence-corrected chi connectivity index (χ1v) is 11.5. The van der Waals surface area contributed by atoms with Crippen molar-refractivity contribution in [2.75, 3.05) is 34.4 Å². The fraction of sp³-hybridized carbons (Fsp3) is 0.320. The molecule has 34 heavy (non-hydrogen) atoms. The highest BCUT2D eigenvalue weighted by Crippen LogP contribution is 2.34. The number of likely N-dealkylation sites (N-methyl/N-ethyl adjacent to an activating group) is 1. The topological polar surface area (TPSA) is 85.3 Å². The second-order valence-electron chi connectivity index (χ2n) is 8.77. The zero-order valence-corrected chi connectivity index (χ0v) is 20.1. The Morgan fingerprint density at radius 1 is 1.32 bits per heavy atom. The summed E-state index contributed by atoms with van der Waals surface area (Å²) in [6, 6.07) is 7.68. The molecule has 5 rings (SSSR count). The van der Waals surface area contributed by atoms with E-state index in [1.165, 1.54) is 0 Å². The summed E-state index contributed by atoms with van der Waals surface area (Å²) in [4.78, 5) is 20.4. The minimum absolute atomic E-state index is 0.0537.